The van der Waals surface area contributed by atoms with Gasteiger partial charge >= 0.3 is 5.97 Å². The molecule has 0 saturated heterocycles. The molecule has 0 radical (unpaired) electrons. The topological polar surface area (TPSA) is 74.6 Å². The van der Waals surface area contributed by atoms with Crippen molar-refractivity contribution >= 4 is 11.8 Å². The van der Waals surface area contributed by atoms with E-state index in [1.807, 2.05) is 6.08 Å². The molecule has 2 unspecified atom stereocenters. The van der Waals surface area contributed by atoms with Crippen molar-refractivity contribution in [3.8, 4) is 0 Å². The summed E-state index contributed by atoms with van der Waals surface area (Å²) in [6, 6.07) is 0. The minimum Gasteiger partial charge on any atom is -0.481 e. The molecular formula is C20H34O4. The van der Waals surface area contributed by atoms with Crippen LogP contribution in [0.4, 0.5) is 0 Å². The maximum absolute atomic E-state index is 12.3. The van der Waals surface area contributed by atoms with Crippen LogP contribution in [0.25, 0.3) is 0 Å². The van der Waals surface area contributed by atoms with Gasteiger partial charge in [0.15, 0.2) is 0 Å². The van der Waals surface area contributed by atoms with Gasteiger partial charge in [0.25, 0.3) is 0 Å². The number of ketones is 1. The molecule has 0 amide bonds. The number of carbonyl (C=O) groups excluding carboxylic acids is 1. The monoisotopic (exact) mass is 338 g/mol. The molecule has 1 fully saturated rings. The van der Waals surface area contributed by atoms with E-state index in [1.54, 1.807) is 6.08 Å². The molecule has 4 nitrogen and oxygen atoms in total. The second-order valence-corrected chi connectivity index (χ2v) is 7.08. The number of unbranched alkanes of at least 4 members (excludes halogenated alkanes) is 4. The number of hydrogen-bond acceptors (Lipinski definition) is 3. The van der Waals surface area contributed by atoms with Gasteiger partial charge in [0.1, 0.15) is 5.78 Å². The molecular weight excluding hydrogens is 304 g/mol. The minimum absolute atomic E-state index is 0.0407. The highest BCUT2D eigenvalue weighted by atomic mass is 16.4. The quantitative estimate of drug-likeness (QED) is 0.409. The van der Waals surface area contributed by atoms with E-state index >= 15 is 0 Å². The van der Waals surface area contributed by atoms with Crippen LogP contribution in [0.3, 0.4) is 0 Å². The molecule has 1 aliphatic carbocycles. The van der Waals surface area contributed by atoms with Crippen LogP contribution < -0.4 is 0 Å². The van der Waals surface area contributed by atoms with Gasteiger partial charge in [0.2, 0.25) is 0 Å². The number of hydrogen-bond donors (Lipinski definition) is 2. The van der Waals surface area contributed by atoms with Crippen molar-refractivity contribution in [3.63, 3.8) is 0 Å². The SMILES string of the molecule is CCCCCC(O)C=C[C@H]1CCC(=O)[C@H]1C(CCCCC)C(=O)O. The lowest BCUT2D eigenvalue weighted by Crippen LogP contribution is -2.30. The first-order chi connectivity index (χ1) is 11.5. The molecule has 24 heavy (non-hydrogen) atoms. The summed E-state index contributed by atoms with van der Waals surface area (Å²) in [5, 5.41) is 19.6. The number of carbonyl (C=O) groups is 2. The highest BCUT2D eigenvalue weighted by Gasteiger charge is 2.41. The third-order valence-electron chi connectivity index (χ3n) is 5.11. The molecule has 1 aliphatic rings. The third-order valence-corrected chi connectivity index (χ3v) is 5.11. The van der Waals surface area contributed by atoms with Crippen molar-refractivity contribution < 1.29 is 19.8 Å². The van der Waals surface area contributed by atoms with Crippen molar-refractivity contribution in [2.45, 2.75) is 84.2 Å². The van der Waals surface area contributed by atoms with Crippen molar-refractivity contribution in [1.82, 2.24) is 0 Å². The largest absolute Gasteiger partial charge is 0.481 e. The van der Waals surface area contributed by atoms with Crippen LogP contribution in [0, 0.1) is 17.8 Å². The Bertz CT molecular complexity index is 416. The predicted molar refractivity (Wildman–Crippen MR) is 95.8 cm³/mol. The van der Waals surface area contributed by atoms with Gasteiger partial charge in [-0.05, 0) is 25.2 Å². The van der Waals surface area contributed by atoms with Crippen molar-refractivity contribution in [1.29, 1.82) is 0 Å². The smallest absolute Gasteiger partial charge is 0.307 e. The third kappa shape index (κ3) is 6.76. The fourth-order valence-corrected chi connectivity index (χ4v) is 3.67. The van der Waals surface area contributed by atoms with E-state index < -0.39 is 23.9 Å². The van der Waals surface area contributed by atoms with E-state index in [-0.39, 0.29) is 11.7 Å². The maximum atomic E-state index is 12.3. The molecule has 138 valence electrons. The van der Waals surface area contributed by atoms with Gasteiger partial charge in [-0.1, -0.05) is 64.5 Å². The second kappa shape index (κ2) is 11.4. The van der Waals surface area contributed by atoms with Crippen LogP contribution in [-0.4, -0.2) is 28.1 Å². The molecule has 2 N–H and O–H groups in total. The zero-order valence-corrected chi connectivity index (χ0v) is 15.2. The molecule has 0 bridgehead atoms. The van der Waals surface area contributed by atoms with Gasteiger partial charge in [-0.3, -0.25) is 9.59 Å². The summed E-state index contributed by atoms with van der Waals surface area (Å²) in [4.78, 5) is 23.9. The number of aliphatic carboxylic acids is 1. The standard InChI is InChI=1S/C20H34O4/c1-3-5-7-9-16(21)13-11-15-12-14-18(22)19(15)17(20(23)24)10-8-6-4-2/h11,13,15-17,19,21H,3-10,12,14H2,1-2H3,(H,23,24)/t15-,16?,17?,19+/m0/s1. The second-order valence-electron chi connectivity index (χ2n) is 7.08. The van der Waals surface area contributed by atoms with Crippen LogP contribution >= 0.6 is 0 Å². The Kier molecular flexibility index (Phi) is 9.92. The Hall–Kier alpha value is -1.16. The Morgan fingerprint density at radius 3 is 2.38 bits per heavy atom. The first kappa shape index (κ1) is 20.9. The zero-order chi connectivity index (χ0) is 17.9. The van der Waals surface area contributed by atoms with Crippen LogP contribution in [0.1, 0.15) is 78.1 Å². The predicted octanol–water partition coefficient (Wildman–Crippen LogP) is 4.36. The Morgan fingerprint density at radius 1 is 1.17 bits per heavy atom. The number of Topliss-reactive ketones (excluding diaryl/α,β-unsaturated/α-hetero) is 1. The Balaban J connectivity index is 2.67. The van der Waals surface area contributed by atoms with Gasteiger partial charge < -0.3 is 10.2 Å². The summed E-state index contributed by atoms with van der Waals surface area (Å²) < 4.78 is 0. The van der Waals surface area contributed by atoms with E-state index in [9.17, 15) is 19.8 Å². The van der Waals surface area contributed by atoms with Crippen LogP contribution in [0.5, 0.6) is 0 Å². The summed E-state index contributed by atoms with van der Waals surface area (Å²) in [5.74, 6) is -1.82. The van der Waals surface area contributed by atoms with E-state index in [2.05, 4.69) is 13.8 Å². The summed E-state index contributed by atoms with van der Waals surface area (Å²) in [7, 11) is 0. The Morgan fingerprint density at radius 2 is 1.79 bits per heavy atom. The minimum atomic E-state index is -0.853. The summed E-state index contributed by atoms with van der Waals surface area (Å²) >= 11 is 0. The number of rotatable bonds is 12. The molecule has 0 heterocycles. The zero-order valence-electron chi connectivity index (χ0n) is 15.2. The average molecular weight is 338 g/mol. The highest BCUT2D eigenvalue weighted by Crippen LogP contribution is 2.38. The van der Waals surface area contributed by atoms with Crippen LogP contribution in [-0.2, 0) is 9.59 Å². The first-order valence-electron chi connectivity index (χ1n) is 9.63. The average Bonchev–Trinajstić information content (AvgIpc) is 2.90. The molecule has 4 heteroatoms. The van der Waals surface area contributed by atoms with Crippen LogP contribution in [0.2, 0.25) is 0 Å². The first-order valence-corrected chi connectivity index (χ1v) is 9.63. The number of carboxylic acid groups (broad SMARTS) is 1. The van der Waals surface area contributed by atoms with Crippen molar-refractivity contribution in [2.75, 3.05) is 0 Å². The molecule has 1 rings (SSSR count). The van der Waals surface area contributed by atoms with Crippen molar-refractivity contribution in [2.24, 2.45) is 17.8 Å². The molecule has 0 aromatic rings. The van der Waals surface area contributed by atoms with E-state index in [4.69, 9.17) is 0 Å². The van der Waals surface area contributed by atoms with Gasteiger partial charge in [-0.25, -0.2) is 0 Å². The fourth-order valence-electron chi connectivity index (χ4n) is 3.67. The summed E-state index contributed by atoms with van der Waals surface area (Å²) in [6.07, 6.45) is 11.8. The molecule has 4 atom stereocenters. The molecule has 0 aliphatic heterocycles. The molecule has 0 aromatic heterocycles. The Labute approximate surface area is 146 Å². The molecule has 0 aromatic carbocycles. The highest BCUT2D eigenvalue weighted by molar-refractivity contribution is 5.88. The lowest BCUT2D eigenvalue weighted by molar-refractivity contribution is -0.147. The normalized spacial score (nSPS) is 23.7. The van der Waals surface area contributed by atoms with E-state index in [0.717, 1.165) is 44.9 Å². The molecule has 0 spiro atoms. The van der Waals surface area contributed by atoms with E-state index in [0.29, 0.717) is 19.3 Å². The molecule has 1 saturated carbocycles. The van der Waals surface area contributed by atoms with Gasteiger partial charge in [0.05, 0.1) is 12.0 Å². The number of aliphatic hydroxyl groups is 1. The number of carboxylic acids is 1. The summed E-state index contributed by atoms with van der Waals surface area (Å²) in [6.45, 7) is 4.21. The summed E-state index contributed by atoms with van der Waals surface area (Å²) in [5.41, 5.74) is 0. The van der Waals surface area contributed by atoms with Gasteiger partial charge in [0, 0.05) is 12.3 Å². The fraction of sp³-hybridized carbons (Fsp3) is 0.800. The van der Waals surface area contributed by atoms with Crippen molar-refractivity contribution in [3.05, 3.63) is 12.2 Å². The van der Waals surface area contributed by atoms with E-state index in [1.165, 1.54) is 0 Å². The maximum Gasteiger partial charge on any atom is 0.307 e. The number of allylic oxidation sites excluding steroid dienone is 1. The van der Waals surface area contributed by atoms with Gasteiger partial charge in [-0.15, -0.1) is 0 Å². The van der Waals surface area contributed by atoms with Gasteiger partial charge in [-0.2, -0.15) is 0 Å². The van der Waals surface area contributed by atoms with Crippen LogP contribution in [0.15, 0.2) is 12.2 Å². The lowest BCUT2D eigenvalue weighted by atomic mass is 9.80. The lowest BCUT2D eigenvalue weighted by Gasteiger charge is -2.23. The number of aliphatic hydroxyl groups excluding tert-OH is 1.